The van der Waals surface area contributed by atoms with Crippen LogP contribution in [0.3, 0.4) is 0 Å². The minimum absolute atomic E-state index is 0.0313. The number of piperidine rings is 1. The third kappa shape index (κ3) is 4.02. The fourth-order valence-electron chi connectivity index (χ4n) is 5.57. The van der Waals surface area contributed by atoms with Crippen molar-refractivity contribution in [1.82, 2.24) is 14.0 Å². The lowest BCUT2D eigenvalue weighted by atomic mass is 9.83. The van der Waals surface area contributed by atoms with Crippen molar-refractivity contribution in [3.63, 3.8) is 0 Å². The Bertz CT molecular complexity index is 1560. The average Bonchev–Trinajstić information content (AvgIpc) is 3.14. The first kappa shape index (κ1) is 22.7. The van der Waals surface area contributed by atoms with Crippen LogP contribution < -0.4 is 5.56 Å². The van der Waals surface area contributed by atoms with Crippen LogP contribution in [0.4, 0.5) is 5.69 Å². The molecule has 6 rings (SSSR count). The summed E-state index contributed by atoms with van der Waals surface area (Å²) in [5, 5.41) is 20.4. The number of halogens is 1. The number of carbonyl (C=O) groups excluding carboxylic acids is 1. The largest absolute Gasteiger partial charge is 0.493 e. The Morgan fingerprint density at radius 3 is 2.64 bits per heavy atom. The van der Waals surface area contributed by atoms with E-state index >= 15 is 0 Å². The molecule has 9 heteroatoms. The van der Waals surface area contributed by atoms with Gasteiger partial charge in [0, 0.05) is 53.3 Å². The molecule has 1 amide bonds. The maximum absolute atomic E-state index is 12.5. The van der Waals surface area contributed by atoms with Crippen LogP contribution >= 0.6 is 11.6 Å². The van der Waals surface area contributed by atoms with Crippen molar-refractivity contribution in [2.24, 2.45) is 16.1 Å². The Hall–Kier alpha value is -3.75. The number of amides is 1. The number of rotatable bonds is 4. The van der Waals surface area contributed by atoms with Crippen LogP contribution in [0.25, 0.3) is 10.9 Å². The quantitative estimate of drug-likeness (QED) is 0.391. The van der Waals surface area contributed by atoms with Crippen molar-refractivity contribution in [2.75, 3.05) is 13.1 Å². The van der Waals surface area contributed by atoms with Gasteiger partial charge < -0.3 is 9.67 Å². The summed E-state index contributed by atoms with van der Waals surface area (Å²) in [6, 6.07) is 19.5. The van der Waals surface area contributed by atoms with E-state index in [4.69, 9.17) is 11.6 Å². The number of para-hydroxylation sites is 1. The molecule has 2 aliphatic heterocycles. The van der Waals surface area contributed by atoms with E-state index in [1.807, 2.05) is 45.5 Å². The molecular weight excluding hydrogens is 478 g/mol. The summed E-state index contributed by atoms with van der Waals surface area (Å²) in [7, 11) is 0. The van der Waals surface area contributed by atoms with E-state index in [-0.39, 0.29) is 23.0 Å². The Balaban J connectivity index is 1.29. The lowest BCUT2D eigenvalue weighted by Gasteiger charge is -2.42. The third-order valence-electron chi connectivity index (χ3n) is 7.15. The highest BCUT2D eigenvalue weighted by atomic mass is 35.5. The molecule has 2 aromatic heterocycles. The minimum atomic E-state index is -0.513. The Morgan fingerprint density at radius 1 is 1.00 bits per heavy atom. The highest BCUT2D eigenvalue weighted by Crippen LogP contribution is 2.40. The van der Waals surface area contributed by atoms with Crippen LogP contribution in [0.5, 0.6) is 5.88 Å². The van der Waals surface area contributed by atoms with E-state index in [0.29, 0.717) is 29.7 Å². The molecule has 4 aromatic rings. The monoisotopic (exact) mass is 501 g/mol. The first-order valence-corrected chi connectivity index (χ1v) is 12.3. The van der Waals surface area contributed by atoms with Gasteiger partial charge in [0.2, 0.25) is 5.88 Å². The van der Waals surface area contributed by atoms with Crippen LogP contribution in [0.15, 0.2) is 81.8 Å². The molecule has 2 aromatic carbocycles. The topological polar surface area (TPSA) is 92.2 Å². The number of carbonyl (C=O) groups is 1. The summed E-state index contributed by atoms with van der Waals surface area (Å²) < 4.78 is 3.73. The summed E-state index contributed by atoms with van der Waals surface area (Å²) in [4.78, 5) is 27.2. The van der Waals surface area contributed by atoms with Gasteiger partial charge in [0.1, 0.15) is 0 Å². The number of pyridine rings is 1. The molecule has 4 heterocycles. The molecule has 0 radical (unpaired) electrons. The van der Waals surface area contributed by atoms with Gasteiger partial charge >= 0.3 is 0 Å². The molecule has 36 heavy (non-hydrogen) atoms. The minimum Gasteiger partial charge on any atom is -0.493 e. The lowest BCUT2D eigenvalue weighted by molar-refractivity contribution is 0.0922. The van der Waals surface area contributed by atoms with Crippen LogP contribution in [0, 0.1) is 5.92 Å². The Kier molecular flexibility index (Phi) is 5.70. The molecule has 182 valence electrons. The van der Waals surface area contributed by atoms with Gasteiger partial charge in [-0.05, 0) is 48.7 Å². The number of fused-ring (bicyclic) bond motifs is 5. The molecular formula is C27H24ClN5O3. The van der Waals surface area contributed by atoms with E-state index in [1.165, 1.54) is 0 Å². The highest BCUT2D eigenvalue weighted by Gasteiger charge is 2.35. The summed E-state index contributed by atoms with van der Waals surface area (Å²) in [5.41, 5.74) is 2.59. The van der Waals surface area contributed by atoms with Gasteiger partial charge in [0.15, 0.2) is 5.69 Å². The average molecular weight is 502 g/mol. The predicted octanol–water partition coefficient (Wildman–Crippen LogP) is 5.16. The molecule has 0 spiro atoms. The number of nitrogens with zero attached hydrogens (tertiary/aromatic N) is 5. The second kappa shape index (κ2) is 9.04. The smallest absolute Gasteiger partial charge is 0.295 e. The molecule has 0 saturated carbocycles. The van der Waals surface area contributed by atoms with Gasteiger partial charge in [-0.2, -0.15) is 0 Å². The van der Waals surface area contributed by atoms with Gasteiger partial charge in [-0.25, -0.2) is 0 Å². The lowest BCUT2D eigenvalue weighted by Crippen LogP contribution is -2.47. The zero-order valence-corrected chi connectivity index (χ0v) is 20.2. The van der Waals surface area contributed by atoms with Crippen LogP contribution in [-0.4, -0.2) is 38.1 Å². The highest BCUT2D eigenvalue weighted by molar-refractivity contribution is 6.30. The number of aromatic hydroxyl groups is 1. The van der Waals surface area contributed by atoms with Crippen molar-refractivity contribution in [1.29, 1.82) is 0 Å². The molecule has 0 unspecified atom stereocenters. The second-order valence-electron chi connectivity index (χ2n) is 9.50. The van der Waals surface area contributed by atoms with E-state index in [2.05, 4.69) is 15.1 Å². The van der Waals surface area contributed by atoms with Crippen LogP contribution in [0.1, 0.15) is 28.4 Å². The van der Waals surface area contributed by atoms with E-state index in [0.717, 1.165) is 36.1 Å². The molecule has 8 nitrogen and oxygen atoms in total. The van der Waals surface area contributed by atoms with E-state index in [9.17, 15) is 14.7 Å². The van der Waals surface area contributed by atoms with Gasteiger partial charge in [-0.3, -0.25) is 19.1 Å². The van der Waals surface area contributed by atoms with E-state index < -0.39 is 5.91 Å². The molecule has 1 fully saturated rings. The van der Waals surface area contributed by atoms with Gasteiger partial charge in [-0.1, -0.05) is 35.9 Å². The number of likely N-dealkylation sites (tertiary alicyclic amines) is 1. The third-order valence-corrected chi connectivity index (χ3v) is 7.40. The van der Waals surface area contributed by atoms with Gasteiger partial charge in [-0.15, -0.1) is 10.2 Å². The summed E-state index contributed by atoms with van der Waals surface area (Å²) in [6.07, 6.45) is 1.06. The standard InChI is InChI=1S/C27H24ClN5O3/c28-20-10-8-18(9-11-20)26(35)30-29-25-21-4-1-2-5-23(21)33(27(25)36)16-31-13-17-12-19(15-31)22-6-3-7-24(34)32(22)14-17/h1-11,17,19,36H,12-16H2/t17-,19+/m1/s1. The number of benzene rings is 2. The molecule has 0 aliphatic carbocycles. The van der Waals surface area contributed by atoms with Crippen molar-refractivity contribution >= 4 is 34.1 Å². The van der Waals surface area contributed by atoms with E-state index in [1.54, 1.807) is 30.3 Å². The fourth-order valence-corrected chi connectivity index (χ4v) is 5.70. The van der Waals surface area contributed by atoms with Crippen molar-refractivity contribution < 1.29 is 9.90 Å². The van der Waals surface area contributed by atoms with Crippen molar-refractivity contribution in [3.8, 4) is 5.88 Å². The molecule has 2 bridgehead atoms. The van der Waals surface area contributed by atoms with Gasteiger partial charge in [0.05, 0.1) is 12.2 Å². The molecule has 1 saturated heterocycles. The zero-order valence-electron chi connectivity index (χ0n) is 19.4. The number of hydrogen-bond donors (Lipinski definition) is 1. The maximum Gasteiger partial charge on any atom is 0.295 e. The number of hydrogen-bond acceptors (Lipinski definition) is 5. The molecule has 2 aliphatic rings. The van der Waals surface area contributed by atoms with Crippen molar-refractivity contribution in [2.45, 2.75) is 25.6 Å². The first-order chi connectivity index (χ1) is 17.5. The predicted molar refractivity (Wildman–Crippen MR) is 137 cm³/mol. The SMILES string of the molecule is O=C(N=Nc1c(O)n(CN2C[C@H]3C[C@@H](C2)c2cccc(=O)n2C3)c2ccccc12)c1ccc(Cl)cc1. The molecule has 1 N–H and O–H groups in total. The summed E-state index contributed by atoms with van der Waals surface area (Å²) in [6.45, 7) is 2.80. The normalized spacial score (nSPS) is 19.6. The second-order valence-corrected chi connectivity index (χ2v) is 9.94. The molecule has 2 atom stereocenters. The number of azo groups is 1. The zero-order chi connectivity index (χ0) is 24.8. The first-order valence-electron chi connectivity index (χ1n) is 11.9. The number of aromatic nitrogens is 2. The Labute approximate surface area is 212 Å². The van der Waals surface area contributed by atoms with Crippen molar-refractivity contribution in [3.05, 3.63) is 93.4 Å². The van der Waals surface area contributed by atoms with Crippen LogP contribution in [-0.2, 0) is 13.2 Å². The maximum atomic E-state index is 12.5. The summed E-state index contributed by atoms with van der Waals surface area (Å²) >= 11 is 5.90. The van der Waals surface area contributed by atoms with Crippen LogP contribution in [0.2, 0.25) is 5.02 Å². The Morgan fingerprint density at radius 2 is 1.81 bits per heavy atom. The summed E-state index contributed by atoms with van der Waals surface area (Å²) in [5.74, 6) is 0.0971. The van der Waals surface area contributed by atoms with Gasteiger partial charge in [0.25, 0.3) is 11.5 Å². The fraction of sp³-hybridized carbons (Fsp3) is 0.259.